The lowest BCUT2D eigenvalue weighted by atomic mass is 10.1. The van der Waals surface area contributed by atoms with Crippen molar-refractivity contribution in [1.82, 2.24) is 10.3 Å². The molecule has 1 heterocycles. The zero-order valence-electron chi connectivity index (χ0n) is 15.3. The third-order valence-electron chi connectivity index (χ3n) is 3.99. The molecule has 1 N–H and O–H groups in total. The number of carbonyl (C=O) groups excluding carboxylic acids is 2. The second-order valence-electron chi connectivity index (χ2n) is 6.10. The maximum absolute atomic E-state index is 13.0. The number of nitrogens with one attached hydrogen (secondary N) is 1. The van der Waals surface area contributed by atoms with E-state index in [1.807, 2.05) is 30.3 Å². The van der Waals surface area contributed by atoms with Crippen molar-refractivity contribution in [2.24, 2.45) is 0 Å². The van der Waals surface area contributed by atoms with E-state index in [2.05, 4.69) is 10.3 Å². The van der Waals surface area contributed by atoms with Crippen molar-refractivity contribution in [3.05, 3.63) is 76.5 Å². The first-order valence-electron chi connectivity index (χ1n) is 8.74. The van der Waals surface area contributed by atoms with Crippen molar-refractivity contribution in [2.75, 3.05) is 13.2 Å². The fourth-order valence-corrected chi connectivity index (χ4v) is 3.51. The van der Waals surface area contributed by atoms with Gasteiger partial charge in [0.05, 0.1) is 5.69 Å². The van der Waals surface area contributed by atoms with Gasteiger partial charge in [-0.25, -0.2) is 14.2 Å². The third kappa shape index (κ3) is 5.23. The van der Waals surface area contributed by atoms with Gasteiger partial charge in [-0.3, -0.25) is 4.79 Å². The molecule has 0 atom stereocenters. The highest BCUT2D eigenvalue weighted by molar-refractivity contribution is 7.17. The lowest BCUT2D eigenvalue weighted by Crippen LogP contribution is -2.30. The van der Waals surface area contributed by atoms with Crippen LogP contribution in [0.1, 0.15) is 20.9 Å². The number of esters is 1. The molecule has 0 fully saturated rings. The molecule has 7 heteroatoms. The smallest absolute Gasteiger partial charge is 0.350 e. The van der Waals surface area contributed by atoms with Crippen molar-refractivity contribution in [2.45, 2.75) is 13.3 Å². The molecule has 3 aromatic rings. The first-order chi connectivity index (χ1) is 13.5. The van der Waals surface area contributed by atoms with Crippen molar-refractivity contribution in [3.8, 4) is 10.6 Å². The number of carbonyl (C=O) groups is 2. The van der Waals surface area contributed by atoms with E-state index in [1.54, 1.807) is 19.1 Å². The van der Waals surface area contributed by atoms with Crippen LogP contribution in [0.15, 0.2) is 54.6 Å². The SMILES string of the molecule is Cc1nc(-c2ccc(F)cc2)sc1C(=O)OCC(=O)NCCc1ccccc1. The number of halogens is 1. The van der Waals surface area contributed by atoms with Crippen molar-refractivity contribution in [1.29, 1.82) is 0 Å². The van der Waals surface area contributed by atoms with Gasteiger partial charge in [0.15, 0.2) is 6.61 Å². The molecule has 0 aliphatic heterocycles. The Kier molecular flexibility index (Phi) is 6.49. The van der Waals surface area contributed by atoms with E-state index in [4.69, 9.17) is 4.74 Å². The number of hydrogen-bond donors (Lipinski definition) is 1. The highest BCUT2D eigenvalue weighted by atomic mass is 32.1. The number of thiazole rings is 1. The third-order valence-corrected chi connectivity index (χ3v) is 5.17. The Morgan fingerprint density at radius 3 is 2.54 bits per heavy atom. The van der Waals surface area contributed by atoms with Crippen LogP contribution < -0.4 is 5.32 Å². The predicted octanol–water partition coefficient (Wildman–Crippen LogP) is 3.77. The summed E-state index contributed by atoms with van der Waals surface area (Å²) in [4.78, 5) is 28.8. The standard InChI is InChI=1S/C21H19FN2O3S/c1-14-19(28-20(24-14)16-7-9-17(22)10-8-16)21(26)27-13-18(25)23-12-11-15-5-3-2-4-6-15/h2-10H,11-13H2,1H3,(H,23,25). The Hall–Kier alpha value is -3.06. The summed E-state index contributed by atoms with van der Waals surface area (Å²) in [5.74, 6) is -1.29. The molecule has 0 saturated heterocycles. The Bertz CT molecular complexity index is 956. The van der Waals surface area contributed by atoms with Crippen LogP contribution in [0.4, 0.5) is 4.39 Å². The summed E-state index contributed by atoms with van der Waals surface area (Å²) in [5.41, 5.74) is 2.35. The summed E-state index contributed by atoms with van der Waals surface area (Å²) in [5, 5.41) is 3.32. The molecule has 1 amide bonds. The topological polar surface area (TPSA) is 68.3 Å². The highest BCUT2D eigenvalue weighted by Gasteiger charge is 2.18. The van der Waals surface area contributed by atoms with Gasteiger partial charge >= 0.3 is 5.97 Å². The van der Waals surface area contributed by atoms with Gasteiger partial charge in [0.25, 0.3) is 5.91 Å². The molecule has 2 aromatic carbocycles. The summed E-state index contributed by atoms with van der Waals surface area (Å²) in [6, 6.07) is 15.7. The van der Waals surface area contributed by atoms with Gasteiger partial charge < -0.3 is 10.1 Å². The molecule has 1 aromatic heterocycles. The first-order valence-corrected chi connectivity index (χ1v) is 9.55. The highest BCUT2D eigenvalue weighted by Crippen LogP contribution is 2.28. The fourth-order valence-electron chi connectivity index (χ4n) is 2.54. The van der Waals surface area contributed by atoms with Gasteiger partial charge in [-0.15, -0.1) is 11.3 Å². The summed E-state index contributed by atoms with van der Waals surface area (Å²) in [6.45, 7) is 1.81. The average molecular weight is 398 g/mol. The Balaban J connectivity index is 1.50. The predicted molar refractivity (Wildman–Crippen MR) is 106 cm³/mol. The number of amides is 1. The molecule has 0 unspecified atom stereocenters. The maximum Gasteiger partial charge on any atom is 0.350 e. The van der Waals surface area contributed by atoms with Crippen molar-refractivity contribution >= 4 is 23.2 Å². The van der Waals surface area contributed by atoms with Crippen LogP contribution in [0, 0.1) is 12.7 Å². The Labute approximate surface area is 166 Å². The number of ether oxygens (including phenoxy) is 1. The normalized spacial score (nSPS) is 10.5. The minimum Gasteiger partial charge on any atom is -0.451 e. The molecule has 5 nitrogen and oxygen atoms in total. The van der Waals surface area contributed by atoms with E-state index >= 15 is 0 Å². The number of nitrogens with zero attached hydrogens (tertiary/aromatic N) is 1. The lowest BCUT2D eigenvalue weighted by Gasteiger charge is -2.06. The second-order valence-corrected chi connectivity index (χ2v) is 7.10. The minimum atomic E-state index is -0.596. The number of aromatic nitrogens is 1. The molecule has 0 spiro atoms. The summed E-state index contributed by atoms with van der Waals surface area (Å²) >= 11 is 1.15. The van der Waals surface area contributed by atoms with Crippen LogP contribution in [-0.2, 0) is 16.0 Å². The molecule has 0 radical (unpaired) electrons. The van der Waals surface area contributed by atoms with Gasteiger partial charge in [-0.2, -0.15) is 0 Å². The van der Waals surface area contributed by atoms with E-state index in [1.165, 1.54) is 12.1 Å². The van der Waals surface area contributed by atoms with E-state index in [9.17, 15) is 14.0 Å². The molecular weight excluding hydrogens is 379 g/mol. The van der Waals surface area contributed by atoms with Crippen LogP contribution in [-0.4, -0.2) is 30.0 Å². The average Bonchev–Trinajstić information content (AvgIpc) is 3.09. The maximum atomic E-state index is 13.0. The number of aryl methyl sites for hydroxylation is 1. The van der Waals surface area contributed by atoms with Gasteiger partial charge in [-0.1, -0.05) is 30.3 Å². The summed E-state index contributed by atoms with van der Waals surface area (Å²) < 4.78 is 18.1. The number of hydrogen-bond acceptors (Lipinski definition) is 5. The van der Waals surface area contributed by atoms with Crippen LogP contribution in [0.3, 0.4) is 0 Å². The lowest BCUT2D eigenvalue weighted by molar-refractivity contribution is -0.124. The molecule has 0 bridgehead atoms. The largest absolute Gasteiger partial charge is 0.451 e. The molecule has 28 heavy (non-hydrogen) atoms. The van der Waals surface area contributed by atoms with E-state index < -0.39 is 5.97 Å². The second kappa shape index (κ2) is 9.23. The zero-order chi connectivity index (χ0) is 19.9. The van der Waals surface area contributed by atoms with Crippen molar-refractivity contribution in [3.63, 3.8) is 0 Å². The Morgan fingerprint density at radius 2 is 1.82 bits per heavy atom. The number of rotatable bonds is 7. The molecule has 0 saturated carbocycles. The molecule has 0 aliphatic carbocycles. The summed E-state index contributed by atoms with van der Waals surface area (Å²) in [6.07, 6.45) is 0.704. The van der Waals surface area contributed by atoms with E-state index in [0.717, 1.165) is 16.9 Å². The van der Waals surface area contributed by atoms with Crippen LogP contribution in [0.25, 0.3) is 10.6 Å². The zero-order valence-corrected chi connectivity index (χ0v) is 16.1. The molecule has 0 aliphatic rings. The van der Waals surface area contributed by atoms with Gasteiger partial charge in [0.2, 0.25) is 0 Å². The van der Waals surface area contributed by atoms with Crippen molar-refractivity contribution < 1.29 is 18.7 Å². The van der Waals surface area contributed by atoms with Crippen LogP contribution >= 0.6 is 11.3 Å². The minimum absolute atomic E-state index is 0.330. The summed E-state index contributed by atoms with van der Waals surface area (Å²) in [7, 11) is 0. The molecular formula is C21H19FN2O3S. The Morgan fingerprint density at radius 1 is 1.11 bits per heavy atom. The fraction of sp³-hybridized carbons (Fsp3) is 0.190. The quantitative estimate of drug-likeness (QED) is 0.615. The van der Waals surface area contributed by atoms with E-state index in [-0.39, 0.29) is 18.3 Å². The first kappa shape index (κ1) is 19.7. The molecule has 144 valence electrons. The van der Waals surface area contributed by atoms with Gasteiger partial charge in [0.1, 0.15) is 15.7 Å². The monoisotopic (exact) mass is 398 g/mol. The van der Waals surface area contributed by atoms with Crippen LogP contribution in [0.2, 0.25) is 0 Å². The van der Waals surface area contributed by atoms with Gasteiger partial charge in [-0.05, 0) is 43.2 Å². The number of benzene rings is 2. The van der Waals surface area contributed by atoms with E-state index in [0.29, 0.717) is 34.1 Å². The van der Waals surface area contributed by atoms with Gasteiger partial charge in [0, 0.05) is 12.1 Å². The van der Waals surface area contributed by atoms with Crippen LogP contribution in [0.5, 0.6) is 0 Å². The molecule has 3 rings (SSSR count).